The Bertz CT molecular complexity index is 560. The van der Waals surface area contributed by atoms with Crippen molar-refractivity contribution in [1.29, 1.82) is 0 Å². The van der Waals surface area contributed by atoms with Crippen LogP contribution in [0.1, 0.15) is 17.2 Å². The minimum atomic E-state index is -0.0943. The van der Waals surface area contributed by atoms with Crippen molar-refractivity contribution < 1.29 is 4.74 Å². The minimum Gasteiger partial charge on any atom is -0.495 e. The van der Waals surface area contributed by atoms with Crippen LogP contribution < -0.4 is 16.0 Å². The fourth-order valence-corrected chi connectivity index (χ4v) is 2.45. The molecule has 5 heteroatoms. The summed E-state index contributed by atoms with van der Waals surface area (Å²) in [7, 11) is 1.60. The van der Waals surface area contributed by atoms with Crippen LogP contribution in [0.3, 0.4) is 0 Å². The predicted molar refractivity (Wildman–Crippen MR) is 86.3 cm³/mol. The van der Waals surface area contributed by atoms with E-state index in [4.69, 9.17) is 22.2 Å². The molecule has 0 fully saturated rings. The molecule has 0 radical (unpaired) electrons. The van der Waals surface area contributed by atoms with E-state index in [1.807, 2.05) is 42.5 Å². The molecule has 1 atom stereocenters. The fraction of sp³-hybridized carbons (Fsp3) is 0.143. The van der Waals surface area contributed by atoms with Gasteiger partial charge in [-0.05, 0) is 58.0 Å². The Morgan fingerprint density at radius 2 is 1.79 bits per heavy atom. The number of hydrogen-bond acceptors (Lipinski definition) is 3. The molecular weight excluding hydrogens is 375 g/mol. The third-order valence-corrected chi connectivity index (χ3v) is 3.91. The molecule has 0 spiro atoms. The summed E-state index contributed by atoms with van der Waals surface area (Å²) in [6.07, 6.45) is 0. The van der Waals surface area contributed by atoms with E-state index in [1.165, 1.54) is 3.57 Å². The fourth-order valence-electron chi connectivity index (χ4n) is 1.90. The quantitative estimate of drug-likeness (QED) is 0.479. The van der Waals surface area contributed by atoms with Gasteiger partial charge in [0.2, 0.25) is 0 Å². The number of halogens is 2. The number of benzene rings is 2. The number of hydrogen-bond donors (Lipinski definition) is 2. The second kappa shape index (κ2) is 6.56. The lowest BCUT2D eigenvalue weighted by Gasteiger charge is -2.18. The van der Waals surface area contributed by atoms with Crippen LogP contribution in [0, 0.1) is 3.57 Å². The summed E-state index contributed by atoms with van der Waals surface area (Å²) in [5.41, 5.74) is 4.92. The SMILES string of the molecule is COc1cc(C(NN)c2ccc(I)cc2)ccc1Cl. The molecule has 0 aromatic heterocycles. The molecular formula is C14H14ClIN2O. The highest BCUT2D eigenvalue weighted by molar-refractivity contribution is 14.1. The van der Waals surface area contributed by atoms with Gasteiger partial charge in [0.05, 0.1) is 18.2 Å². The lowest BCUT2D eigenvalue weighted by atomic mass is 9.99. The highest BCUT2D eigenvalue weighted by Crippen LogP contribution is 2.30. The first-order valence-electron chi connectivity index (χ1n) is 5.70. The molecule has 0 heterocycles. The molecule has 0 aliphatic carbocycles. The predicted octanol–water partition coefficient (Wildman–Crippen LogP) is 3.51. The second-order valence-electron chi connectivity index (χ2n) is 4.05. The number of hydrazine groups is 1. The zero-order valence-electron chi connectivity index (χ0n) is 10.4. The van der Waals surface area contributed by atoms with Crippen LogP contribution in [0.2, 0.25) is 5.02 Å². The Balaban J connectivity index is 2.39. The normalized spacial score (nSPS) is 12.2. The van der Waals surface area contributed by atoms with Crippen molar-refractivity contribution in [1.82, 2.24) is 5.43 Å². The van der Waals surface area contributed by atoms with Gasteiger partial charge >= 0.3 is 0 Å². The van der Waals surface area contributed by atoms with Crippen LogP contribution in [0.15, 0.2) is 42.5 Å². The molecule has 3 N–H and O–H groups in total. The van der Waals surface area contributed by atoms with Gasteiger partial charge in [-0.3, -0.25) is 5.84 Å². The number of methoxy groups -OCH3 is 1. The van der Waals surface area contributed by atoms with Gasteiger partial charge in [-0.2, -0.15) is 0 Å². The standard InChI is InChI=1S/C14H14ClIN2O/c1-19-13-8-10(4-7-12(13)15)14(18-17)9-2-5-11(16)6-3-9/h2-8,14,18H,17H2,1H3. The van der Waals surface area contributed by atoms with E-state index in [9.17, 15) is 0 Å². The van der Waals surface area contributed by atoms with E-state index in [1.54, 1.807) is 7.11 Å². The summed E-state index contributed by atoms with van der Waals surface area (Å²) in [5.74, 6) is 6.32. The summed E-state index contributed by atoms with van der Waals surface area (Å²) < 4.78 is 6.42. The van der Waals surface area contributed by atoms with Crippen LogP contribution in [0.25, 0.3) is 0 Å². The Kier molecular flexibility index (Phi) is 5.04. The van der Waals surface area contributed by atoms with Gasteiger partial charge in [0.15, 0.2) is 0 Å². The summed E-state index contributed by atoms with van der Waals surface area (Å²) in [5, 5.41) is 0.588. The van der Waals surface area contributed by atoms with Gasteiger partial charge in [-0.15, -0.1) is 0 Å². The van der Waals surface area contributed by atoms with Gasteiger partial charge in [0, 0.05) is 3.57 Å². The molecule has 0 aliphatic heterocycles. The smallest absolute Gasteiger partial charge is 0.137 e. The highest BCUT2D eigenvalue weighted by Gasteiger charge is 2.14. The average molecular weight is 389 g/mol. The van der Waals surface area contributed by atoms with E-state index in [2.05, 4.69) is 28.0 Å². The first-order valence-corrected chi connectivity index (χ1v) is 7.16. The minimum absolute atomic E-state index is 0.0943. The van der Waals surface area contributed by atoms with E-state index >= 15 is 0 Å². The van der Waals surface area contributed by atoms with Crippen LogP contribution in [-0.4, -0.2) is 7.11 Å². The van der Waals surface area contributed by atoms with Crippen molar-refractivity contribution in [2.45, 2.75) is 6.04 Å². The van der Waals surface area contributed by atoms with Gasteiger partial charge in [-0.1, -0.05) is 29.8 Å². The zero-order valence-corrected chi connectivity index (χ0v) is 13.3. The highest BCUT2D eigenvalue weighted by atomic mass is 127. The summed E-state index contributed by atoms with van der Waals surface area (Å²) >= 11 is 8.31. The third-order valence-electron chi connectivity index (χ3n) is 2.88. The van der Waals surface area contributed by atoms with Crippen molar-refractivity contribution in [3.63, 3.8) is 0 Å². The number of rotatable bonds is 4. The lowest BCUT2D eigenvalue weighted by molar-refractivity contribution is 0.414. The molecule has 3 nitrogen and oxygen atoms in total. The van der Waals surface area contributed by atoms with Crippen LogP contribution in [0.4, 0.5) is 0 Å². The Morgan fingerprint density at radius 1 is 1.16 bits per heavy atom. The molecule has 100 valence electrons. The average Bonchev–Trinajstić information content (AvgIpc) is 2.43. The van der Waals surface area contributed by atoms with Crippen molar-refractivity contribution in [3.05, 3.63) is 62.2 Å². The Labute approximate surface area is 131 Å². The van der Waals surface area contributed by atoms with Crippen molar-refractivity contribution in [2.75, 3.05) is 7.11 Å². The van der Waals surface area contributed by atoms with E-state index in [0.717, 1.165) is 11.1 Å². The molecule has 2 rings (SSSR count). The van der Waals surface area contributed by atoms with Crippen LogP contribution in [0.5, 0.6) is 5.75 Å². The first-order chi connectivity index (χ1) is 9.15. The van der Waals surface area contributed by atoms with Crippen molar-refractivity contribution in [2.24, 2.45) is 5.84 Å². The van der Waals surface area contributed by atoms with Crippen LogP contribution in [-0.2, 0) is 0 Å². The Morgan fingerprint density at radius 3 is 2.37 bits per heavy atom. The van der Waals surface area contributed by atoms with Gasteiger partial charge in [0.1, 0.15) is 5.75 Å². The largest absolute Gasteiger partial charge is 0.495 e. The molecule has 0 bridgehead atoms. The second-order valence-corrected chi connectivity index (χ2v) is 5.70. The molecule has 0 saturated carbocycles. The monoisotopic (exact) mass is 388 g/mol. The lowest BCUT2D eigenvalue weighted by Crippen LogP contribution is -2.28. The zero-order chi connectivity index (χ0) is 13.8. The van der Waals surface area contributed by atoms with Gasteiger partial charge in [0.25, 0.3) is 0 Å². The maximum Gasteiger partial charge on any atom is 0.137 e. The van der Waals surface area contributed by atoms with E-state index in [-0.39, 0.29) is 6.04 Å². The molecule has 2 aromatic carbocycles. The maximum atomic E-state index is 6.03. The Hall–Kier alpha value is -0.820. The molecule has 2 aromatic rings. The number of nitrogens with two attached hydrogens (primary N) is 1. The summed E-state index contributed by atoms with van der Waals surface area (Å²) in [4.78, 5) is 0. The van der Waals surface area contributed by atoms with Gasteiger partial charge in [-0.25, -0.2) is 5.43 Å². The number of ether oxygens (including phenoxy) is 1. The molecule has 0 amide bonds. The maximum absolute atomic E-state index is 6.03. The van der Waals surface area contributed by atoms with Gasteiger partial charge < -0.3 is 4.74 Å². The van der Waals surface area contributed by atoms with Crippen LogP contribution >= 0.6 is 34.2 Å². The molecule has 19 heavy (non-hydrogen) atoms. The molecule has 0 aliphatic rings. The number of nitrogens with one attached hydrogen (secondary N) is 1. The van der Waals surface area contributed by atoms with E-state index in [0.29, 0.717) is 10.8 Å². The topological polar surface area (TPSA) is 47.3 Å². The van der Waals surface area contributed by atoms with E-state index < -0.39 is 0 Å². The first kappa shape index (κ1) is 14.6. The summed E-state index contributed by atoms with van der Waals surface area (Å²) in [6, 6.07) is 13.7. The van der Waals surface area contributed by atoms with Crippen molar-refractivity contribution in [3.8, 4) is 5.75 Å². The summed E-state index contributed by atoms with van der Waals surface area (Å²) in [6.45, 7) is 0. The molecule has 1 unspecified atom stereocenters. The molecule has 0 saturated heterocycles. The van der Waals surface area contributed by atoms with Crippen molar-refractivity contribution >= 4 is 34.2 Å². The third kappa shape index (κ3) is 3.39.